The van der Waals surface area contributed by atoms with Crippen LogP contribution in [-0.2, 0) is 0 Å². The summed E-state index contributed by atoms with van der Waals surface area (Å²) in [6.07, 6.45) is 3.60. The summed E-state index contributed by atoms with van der Waals surface area (Å²) >= 11 is 3.46. The van der Waals surface area contributed by atoms with Crippen molar-refractivity contribution in [1.29, 1.82) is 0 Å². The van der Waals surface area contributed by atoms with Gasteiger partial charge in [-0.2, -0.15) is 0 Å². The van der Waals surface area contributed by atoms with Crippen molar-refractivity contribution in [3.63, 3.8) is 0 Å². The van der Waals surface area contributed by atoms with Gasteiger partial charge in [-0.3, -0.25) is 4.98 Å². The Morgan fingerprint density at radius 3 is 2.72 bits per heavy atom. The summed E-state index contributed by atoms with van der Waals surface area (Å²) < 4.78 is 0.902. The molecule has 0 amide bonds. The standard InChI is InChI=1S/C13H15BrN4/c1-8(15-3)10-7-17-13(18-9(10)2)12-11(14)5-4-6-16-12/h4-8,15H,1-3H3. The Morgan fingerprint density at radius 2 is 2.11 bits per heavy atom. The third kappa shape index (κ3) is 2.57. The van der Waals surface area contributed by atoms with Gasteiger partial charge in [-0.1, -0.05) is 0 Å². The van der Waals surface area contributed by atoms with Gasteiger partial charge in [0.2, 0.25) is 0 Å². The van der Waals surface area contributed by atoms with Crippen LogP contribution in [0.2, 0.25) is 0 Å². The normalized spacial score (nSPS) is 12.4. The highest BCUT2D eigenvalue weighted by molar-refractivity contribution is 9.10. The summed E-state index contributed by atoms with van der Waals surface area (Å²) in [7, 11) is 1.92. The molecule has 2 aromatic rings. The third-order valence-corrected chi connectivity index (χ3v) is 3.53. The lowest BCUT2D eigenvalue weighted by molar-refractivity contribution is 0.641. The van der Waals surface area contributed by atoms with Crippen LogP contribution in [-0.4, -0.2) is 22.0 Å². The number of halogens is 1. The number of nitrogens with zero attached hydrogens (tertiary/aromatic N) is 3. The van der Waals surface area contributed by atoms with Crippen molar-refractivity contribution in [3.8, 4) is 11.5 Å². The minimum absolute atomic E-state index is 0.242. The zero-order valence-corrected chi connectivity index (χ0v) is 12.2. The molecule has 0 saturated carbocycles. The molecular weight excluding hydrogens is 292 g/mol. The van der Waals surface area contributed by atoms with Crippen LogP contribution in [0.15, 0.2) is 29.0 Å². The number of hydrogen-bond acceptors (Lipinski definition) is 4. The summed E-state index contributed by atoms with van der Waals surface area (Å²) in [5.41, 5.74) is 2.84. The molecule has 1 N–H and O–H groups in total. The first-order chi connectivity index (χ1) is 8.63. The van der Waals surface area contributed by atoms with Crippen molar-refractivity contribution in [2.75, 3.05) is 7.05 Å². The number of aromatic nitrogens is 3. The minimum atomic E-state index is 0.242. The number of hydrogen-bond donors (Lipinski definition) is 1. The van der Waals surface area contributed by atoms with Gasteiger partial charge in [0.15, 0.2) is 5.82 Å². The maximum atomic E-state index is 4.53. The predicted octanol–water partition coefficient (Wildman–Crippen LogP) is 2.89. The van der Waals surface area contributed by atoms with Crippen LogP contribution >= 0.6 is 15.9 Å². The lowest BCUT2D eigenvalue weighted by Gasteiger charge is -2.13. The molecule has 18 heavy (non-hydrogen) atoms. The van der Waals surface area contributed by atoms with E-state index in [0.29, 0.717) is 5.82 Å². The van der Waals surface area contributed by atoms with Crippen LogP contribution in [0.4, 0.5) is 0 Å². The van der Waals surface area contributed by atoms with Gasteiger partial charge >= 0.3 is 0 Å². The van der Waals surface area contributed by atoms with Crippen LogP contribution in [0.25, 0.3) is 11.5 Å². The summed E-state index contributed by atoms with van der Waals surface area (Å²) in [5, 5.41) is 3.19. The average molecular weight is 307 g/mol. The second kappa shape index (κ2) is 5.54. The molecule has 0 saturated heterocycles. The number of rotatable bonds is 3. The molecule has 94 valence electrons. The molecule has 5 heteroatoms. The summed E-state index contributed by atoms with van der Waals surface area (Å²) in [6.45, 7) is 4.08. The first kappa shape index (κ1) is 13.1. The van der Waals surface area contributed by atoms with Gasteiger partial charge in [0.25, 0.3) is 0 Å². The van der Waals surface area contributed by atoms with Crippen molar-refractivity contribution < 1.29 is 0 Å². The zero-order chi connectivity index (χ0) is 13.1. The molecule has 1 unspecified atom stereocenters. The second-order valence-electron chi connectivity index (χ2n) is 4.08. The molecule has 4 nitrogen and oxygen atoms in total. The smallest absolute Gasteiger partial charge is 0.179 e. The average Bonchev–Trinajstić information content (AvgIpc) is 2.38. The Labute approximate surface area is 115 Å². The van der Waals surface area contributed by atoms with Gasteiger partial charge in [-0.25, -0.2) is 9.97 Å². The minimum Gasteiger partial charge on any atom is -0.313 e. The van der Waals surface area contributed by atoms with Crippen molar-refractivity contribution >= 4 is 15.9 Å². The maximum absolute atomic E-state index is 4.53. The molecule has 0 aliphatic heterocycles. The van der Waals surface area contributed by atoms with Crippen molar-refractivity contribution in [2.24, 2.45) is 0 Å². The number of aryl methyl sites for hydroxylation is 1. The maximum Gasteiger partial charge on any atom is 0.179 e. The van der Waals surface area contributed by atoms with Crippen molar-refractivity contribution in [1.82, 2.24) is 20.3 Å². The lowest BCUT2D eigenvalue weighted by Crippen LogP contribution is -2.15. The molecule has 0 fully saturated rings. The first-order valence-corrected chi connectivity index (χ1v) is 6.54. The Morgan fingerprint density at radius 1 is 1.33 bits per heavy atom. The molecule has 0 radical (unpaired) electrons. The third-order valence-electron chi connectivity index (χ3n) is 2.89. The van der Waals surface area contributed by atoms with E-state index in [1.54, 1.807) is 6.20 Å². The Hall–Kier alpha value is -1.33. The van der Waals surface area contributed by atoms with Gasteiger partial charge in [0, 0.05) is 34.2 Å². The van der Waals surface area contributed by atoms with E-state index in [-0.39, 0.29) is 6.04 Å². The van der Waals surface area contributed by atoms with E-state index in [2.05, 4.69) is 43.1 Å². The van der Waals surface area contributed by atoms with Crippen LogP contribution in [0, 0.1) is 6.92 Å². The van der Waals surface area contributed by atoms with Gasteiger partial charge in [0.05, 0.1) is 0 Å². The highest BCUT2D eigenvalue weighted by Gasteiger charge is 2.12. The number of pyridine rings is 1. The monoisotopic (exact) mass is 306 g/mol. The fourth-order valence-corrected chi connectivity index (χ4v) is 2.15. The van der Waals surface area contributed by atoms with E-state index in [9.17, 15) is 0 Å². The van der Waals surface area contributed by atoms with Crippen LogP contribution in [0.1, 0.15) is 24.2 Å². The highest BCUT2D eigenvalue weighted by Crippen LogP contribution is 2.24. The van der Waals surface area contributed by atoms with Crippen LogP contribution < -0.4 is 5.32 Å². The molecule has 0 bridgehead atoms. The van der Waals surface area contributed by atoms with Gasteiger partial charge in [-0.05, 0) is 49.0 Å². The molecule has 0 spiro atoms. The highest BCUT2D eigenvalue weighted by atomic mass is 79.9. The fraction of sp³-hybridized carbons (Fsp3) is 0.308. The van der Waals surface area contributed by atoms with Crippen LogP contribution in [0.5, 0.6) is 0 Å². The van der Waals surface area contributed by atoms with Crippen LogP contribution in [0.3, 0.4) is 0 Å². The molecule has 1 atom stereocenters. The van der Waals surface area contributed by atoms with Gasteiger partial charge in [-0.15, -0.1) is 0 Å². The van der Waals surface area contributed by atoms with E-state index in [0.717, 1.165) is 21.4 Å². The zero-order valence-electron chi connectivity index (χ0n) is 10.6. The number of nitrogens with one attached hydrogen (secondary N) is 1. The molecule has 2 heterocycles. The largest absolute Gasteiger partial charge is 0.313 e. The van der Waals surface area contributed by atoms with Gasteiger partial charge < -0.3 is 5.32 Å². The predicted molar refractivity (Wildman–Crippen MR) is 75.2 cm³/mol. The Bertz CT molecular complexity index is 556. The molecule has 2 aromatic heterocycles. The quantitative estimate of drug-likeness (QED) is 0.947. The topological polar surface area (TPSA) is 50.7 Å². The van der Waals surface area contributed by atoms with E-state index >= 15 is 0 Å². The molecular formula is C13H15BrN4. The van der Waals surface area contributed by atoms with Crippen molar-refractivity contribution in [2.45, 2.75) is 19.9 Å². The Balaban J connectivity index is 2.44. The molecule has 0 aromatic carbocycles. The van der Waals surface area contributed by atoms with E-state index < -0.39 is 0 Å². The lowest BCUT2D eigenvalue weighted by atomic mass is 10.1. The second-order valence-corrected chi connectivity index (χ2v) is 4.93. The molecule has 2 rings (SSSR count). The SMILES string of the molecule is CNC(C)c1cnc(-c2ncccc2Br)nc1C. The molecule has 0 aliphatic carbocycles. The molecule has 0 aliphatic rings. The summed E-state index contributed by atoms with van der Waals surface area (Å²) in [6, 6.07) is 4.05. The Kier molecular flexibility index (Phi) is 4.04. The van der Waals surface area contributed by atoms with E-state index in [1.807, 2.05) is 32.3 Å². The van der Waals surface area contributed by atoms with E-state index in [4.69, 9.17) is 0 Å². The van der Waals surface area contributed by atoms with Gasteiger partial charge in [0.1, 0.15) is 5.69 Å². The van der Waals surface area contributed by atoms with Crippen molar-refractivity contribution in [3.05, 3.63) is 40.3 Å². The fourth-order valence-electron chi connectivity index (χ4n) is 1.72. The summed E-state index contributed by atoms with van der Waals surface area (Å²) in [5.74, 6) is 0.645. The first-order valence-electron chi connectivity index (χ1n) is 5.75. The summed E-state index contributed by atoms with van der Waals surface area (Å²) in [4.78, 5) is 13.2. The van der Waals surface area contributed by atoms with E-state index in [1.165, 1.54) is 0 Å².